The third-order valence-corrected chi connectivity index (χ3v) is 5.35. The number of nitrogens with one attached hydrogen (secondary N) is 2. The molecule has 1 saturated heterocycles. The number of carbonyl (C=O) groups excluding carboxylic acids is 1. The molecule has 0 unspecified atom stereocenters. The Balaban J connectivity index is 1.60. The second kappa shape index (κ2) is 7.66. The summed E-state index contributed by atoms with van der Waals surface area (Å²) in [6.07, 6.45) is 4.06. The van der Waals surface area contributed by atoms with Crippen LogP contribution in [0.2, 0.25) is 0 Å². The molecule has 0 aromatic carbocycles. The van der Waals surface area contributed by atoms with Gasteiger partial charge in [0.1, 0.15) is 5.76 Å². The molecule has 2 atom stereocenters. The van der Waals surface area contributed by atoms with Gasteiger partial charge in [0.25, 0.3) is 0 Å². The van der Waals surface area contributed by atoms with Gasteiger partial charge < -0.3 is 15.2 Å². The molecule has 6 nitrogen and oxygen atoms in total. The Morgan fingerprint density at radius 1 is 1.44 bits per heavy atom. The van der Waals surface area contributed by atoms with Crippen molar-refractivity contribution in [2.45, 2.75) is 45.4 Å². The number of amides is 1. The van der Waals surface area contributed by atoms with Gasteiger partial charge >= 0.3 is 0 Å². The van der Waals surface area contributed by atoms with Gasteiger partial charge in [-0.05, 0) is 37.8 Å². The number of aromatic nitrogens is 2. The summed E-state index contributed by atoms with van der Waals surface area (Å²) in [7, 11) is 0. The molecule has 0 radical (unpaired) electrons. The first kappa shape index (κ1) is 18.1. The van der Waals surface area contributed by atoms with Gasteiger partial charge in [0.15, 0.2) is 5.13 Å². The van der Waals surface area contributed by atoms with Gasteiger partial charge in [-0.2, -0.15) is 0 Å². The third-order valence-electron chi connectivity index (χ3n) is 4.66. The molecule has 2 N–H and O–H groups in total. The predicted molar refractivity (Wildman–Crippen MR) is 98.7 cm³/mol. The number of hydrogen-bond donors (Lipinski definition) is 2. The summed E-state index contributed by atoms with van der Waals surface area (Å²) in [5, 5.41) is 13.1. The zero-order valence-corrected chi connectivity index (χ0v) is 15.9. The number of carbonyl (C=O) groups is 1. The molecular weight excluding hydrogens is 336 g/mol. The minimum absolute atomic E-state index is 0.0386. The maximum Gasteiger partial charge on any atom is 0.226 e. The average Bonchev–Trinajstić information content (AvgIpc) is 3.20. The Bertz CT molecular complexity index is 690. The molecule has 25 heavy (non-hydrogen) atoms. The van der Waals surface area contributed by atoms with Crippen LogP contribution in [0, 0.1) is 11.8 Å². The zero-order valence-electron chi connectivity index (χ0n) is 15.0. The Kier molecular flexibility index (Phi) is 5.54. The highest BCUT2D eigenvalue weighted by atomic mass is 32.1. The van der Waals surface area contributed by atoms with E-state index in [2.05, 4.69) is 47.6 Å². The van der Waals surface area contributed by atoms with Crippen LogP contribution in [0.15, 0.2) is 22.2 Å². The summed E-state index contributed by atoms with van der Waals surface area (Å²) in [5.74, 6) is 1.68. The van der Waals surface area contributed by atoms with Gasteiger partial charge in [-0.15, -0.1) is 11.3 Å². The quantitative estimate of drug-likeness (QED) is 0.854. The molecule has 2 aromatic heterocycles. The van der Waals surface area contributed by atoms with Crippen LogP contribution >= 0.6 is 11.3 Å². The molecule has 3 heterocycles. The van der Waals surface area contributed by atoms with Crippen molar-refractivity contribution in [2.24, 2.45) is 11.8 Å². The summed E-state index contributed by atoms with van der Waals surface area (Å²) >= 11 is 1.44. The molecule has 3 rings (SSSR count). The lowest BCUT2D eigenvalue weighted by Gasteiger charge is -2.31. The summed E-state index contributed by atoms with van der Waals surface area (Å²) in [6, 6.07) is 2.06. The molecule has 0 aliphatic carbocycles. The van der Waals surface area contributed by atoms with Crippen molar-refractivity contribution in [3.63, 3.8) is 0 Å². The van der Waals surface area contributed by atoms with Gasteiger partial charge in [0.05, 0.1) is 5.69 Å². The highest BCUT2D eigenvalue weighted by Crippen LogP contribution is 2.29. The Morgan fingerprint density at radius 3 is 2.96 bits per heavy atom. The molecule has 0 bridgehead atoms. The van der Waals surface area contributed by atoms with Gasteiger partial charge in [-0.1, -0.05) is 25.9 Å². The molecular formula is C18H26N4O2S. The normalized spacial score (nSPS) is 21.2. The van der Waals surface area contributed by atoms with E-state index in [1.807, 2.05) is 5.38 Å². The lowest BCUT2D eigenvalue weighted by atomic mass is 9.81. The van der Waals surface area contributed by atoms with Gasteiger partial charge in [0.2, 0.25) is 5.91 Å². The highest BCUT2D eigenvalue weighted by Gasteiger charge is 2.29. The Labute approximate surface area is 152 Å². The van der Waals surface area contributed by atoms with Crippen molar-refractivity contribution in [1.82, 2.24) is 15.5 Å². The standard InChI is InChI=1S/C18H26N4O2S/c1-18(2,3)15-10-14(22-24-15)8-13-11-19-5-4-12(13)9-16(23)21-17-20-6-7-25-17/h6-7,10,12-13,19H,4-5,8-9,11H2,1-3H3,(H,20,21,23)/t12-,13+/m0/s1. The number of piperidine rings is 1. The summed E-state index contributed by atoms with van der Waals surface area (Å²) in [5.41, 5.74) is 0.937. The fourth-order valence-electron chi connectivity index (χ4n) is 3.21. The minimum Gasteiger partial charge on any atom is -0.361 e. The van der Waals surface area contributed by atoms with Gasteiger partial charge in [-0.25, -0.2) is 4.98 Å². The van der Waals surface area contributed by atoms with Gasteiger partial charge in [0, 0.05) is 29.5 Å². The summed E-state index contributed by atoms with van der Waals surface area (Å²) < 4.78 is 5.50. The maximum atomic E-state index is 12.3. The topological polar surface area (TPSA) is 80.0 Å². The lowest BCUT2D eigenvalue weighted by Crippen LogP contribution is -2.39. The number of rotatable bonds is 5. The van der Waals surface area contributed by atoms with Crippen LogP contribution in [0.3, 0.4) is 0 Å². The molecule has 7 heteroatoms. The van der Waals surface area contributed by atoms with Crippen LogP contribution < -0.4 is 10.6 Å². The zero-order chi connectivity index (χ0) is 17.9. The SMILES string of the molecule is CC(C)(C)c1cc(C[C@@H]2CNCC[C@H]2CC(=O)Nc2nccs2)no1. The van der Waals surface area contributed by atoms with E-state index in [4.69, 9.17) is 4.52 Å². The molecule has 136 valence electrons. The van der Waals surface area contributed by atoms with Crippen molar-refractivity contribution < 1.29 is 9.32 Å². The van der Waals surface area contributed by atoms with Crippen molar-refractivity contribution in [3.8, 4) is 0 Å². The van der Waals surface area contributed by atoms with Crippen LogP contribution in [-0.2, 0) is 16.6 Å². The molecule has 1 amide bonds. The third kappa shape index (κ3) is 4.89. The van der Waals surface area contributed by atoms with Crippen LogP contribution in [0.4, 0.5) is 5.13 Å². The molecule has 2 aromatic rings. The predicted octanol–water partition coefficient (Wildman–Crippen LogP) is 3.23. The summed E-state index contributed by atoms with van der Waals surface area (Å²) in [4.78, 5) is 16.4. The minimum atomic E-state index is -0.0386. The smallest absolute Gasteiger partial charge is 0.226 e. The maximum absolute atomic E-state index is 12.3. The molecule has 0 spiro atoms. The van der Waals surface area contributed by atoms with E-state index in [0.29, 0.717) is 23.4 Å². The first-order chi connectivity index (χ1) is 11.9. The van der Waals surface area contributed by atoms with Crippen LogP contribution in [0.25, 0.3) is 0 Å². The second-order valence-corrected chi connectivity index (χ2v) is 8.63. The lowest BCUT2D eigenvalue weighted by molar-refractivity contribution is -0.117. The van der Waals surface area contributed by atoms with Crippen LogP contribution in [0.1, 0.15) is 45.1 Å². The number of thiazole rings is 1. The van der Waals surface area contributed by atoms with E-state index in [0.717, 1.165) is 37.4 Å². The average molecular weight is 362 g/mol. The van der Waals surface area contributed by atoms with Crippen molar-refractivity contribution in [3.05, 3.63) is 29.1 Å². The summed E-state index contributed by atoms with van der Waals surface area (Å²) in [6.45, 7) is 8.21. The Hall–Kier alpha value is -1.73. The Morgan fingerprint density at radius 2 is 2.28 bits per heavy atom. The fraction of sp³-hybridized carbons (Fsp3) is 0.611. The molecule has 1 fully saturated rings. The second-order valence-electron chi connectivity index (χ2n) is 7.74. The van der Waals surface area contributed by atoms with E-state index >= 15 is 0 Å². The van der Waals surface area contributed by atoms with E-state index in [-0.39, 0.29) is 11.3 Å². The van der Waals surface area contributed by atoms with Crippen LogP contribution in [0.5, 0.6) is 0 Å². The monoisotopic (exact) mass is 362 g/mol. The fourth-order valence-corrected chi connectivity index (χ4v) is 3.75. The van der Waals surface area contributed by atoms with Crippen LogP contribution in [-0.4, -0.2) is 29.1 Å². The van der Waals surface area contributed by atoms with E-state index in [9.17, 15) is 4.79 Å². The molecule has 0 saturated carbocycles. The molecule has 1 aliphatic heterocycles. The first-order valence-electron chi connectivity index (χ1n) is 8.78. The number of nitrogens with zero attached hydrogens (tertiary/aromatic N) is 2. The number of hydrogen-bond acceptors (Lipinski definition) is 6. The van der Waals surface area contributed by atoms with Crippen molar-refractivity contribution >= 4 is 22.4 Å². The highest BCUT2D eigenvalue weighted by molar-refractivity contribution is 7.13. The molecule has 1 aliphatic rings. The van der Waals surface area contributed by atoms with E-state index in [1.54, 1.807) is 6.20 Å². The van der Waals surface area contributed by atoms with E-state index in [1.165, 1.54) is 11.3 Å². The largest absolute Gasteiger partial charge is 0.361 e. The van der Waals surface area contributed by atoms with Gasteiger partial charge in [-0.3, -0.25) is 4.79 Å². The van der Waals surface area contributed by atoms with Crippen molar-refractivity contribution in [2.75, 3.05) is 18.4 Å². The number of anilines is 1. The van der Waals surface area contributed by atoms with Crippen molar-refractivity contribution in [1.29, 1.82) is 0 Å². The first-order valence-corrected chi connectivity index (χ1v) is 9.66. The van der Waals surface area contributed by atoms with E-state index < -0.39 is 0 Å².